The van der Waals surface area contributed by atoms with Crippen LogP contribution in [-0.2, 0) is 0 Å². The molecule has 1 aliphatic rings. The second-order valence-corrected chi connectivity index (χ2v) is 7.35. The van der Waals surface area contributed by atoms with Crippen molar-refractivity contribution in [1.82, 2.24) is 4.90 Å². The molecular weight excluding hydrogens is 397 g/mol. The van der Waals surface area contributed by atoms with Crippen LogP contribution < -0.4 is 10.2 Å². The highest BCUT2D eigenvalue weighted by molar-refractivity contribution is 9.10. The van der Waals surface area contributed by atoms with Crippen molar-refractivity contribution in [2.75, 3.05) is 42.9 Å². The average molecular weight is 420 g/mol. The molecule has 6 heteroatoms. The SMILES string of the molecule is CCN1CCN(c2ccc(NC(=O)c3cc(F)ccc3Br)c(C)c2)CC1. The zero-order chi connectivity index (χ0) is 18.7. The molecule has 3 rings (SSSR count). The Morgan fingerprint density at radius 1 is 1.15 bits per heavy atom. The van der Waals surface area contributed by atoms with Crippen molar-refractivity contribution < 1.29 is 9.18 Å². The van der Waals surface area contributed by atoms with Crippen LogP contribution in [0.4, 0.5) is 15.8 Å². The Morgan fingerprint density at radius 3 is 2.54 bits per heavy atom. The van der Waals surface area contributed by atoms with E-state index < -0.39 is 5.82 Å². The molecule has 4 nitrogen and oxygen atoms in total. The highest BCUT2D eigenvalue weighted by Gasteiger charge is 2.17. The summed E-state index contributed by atoms with van der Waals surface area (Å²) < 4.78 is 14.0. The molecule has 1 fully saturated rings. The lowest BCUT2D eigenvalue weighted by Gasteiger charge is -2.35. The minimum Gasteiger partial charge on any atom is -0.369 e. The maximum absolute atomic E-state index is 13.4. The monoisotopic (exact) mass is 419 g/mol. The van der Waals surface area contributed by atoms with Crippen LogP contribution in [-0.4, -0.2) is 43.5 Å². The van der Waals surface area contributed by atoms with E-state index in [0.717, 1.165) is 44.0 Å². The van der Waals surface area contributed by atoms with E-state index in [9.17, 15) is 9.18 Å². The summed E-state index contributed by atoms with van der Waals surface area (Å²) in [5.74, 6) is -0.763. The molecule has 0 aromatic heterocycles. The molecule has 1 saturated heterocycles. The van der Waals surface area contributed by atoms with Crippen molar-refractivity contribution in [1.29, 1.82) is 0 Å². The first kappa shape index (κ1) is 18.9. The molecule has 0 bridgehead atoms. The highest BCUT2D eigenvalue weighted by Crippen LogP contribution is 2.25. The number of piperazine rings is 1. The van der Waals surface area contributed by atoms with Crippen molar-refractivity contribution in [2.24, 2.45) is 0 Å². The third-order valence-corrected chi connectivity index (χ3v) is 5.51. The number of hydrogen-bond acceptors (Lipinski definition) is 3. The smallest absolute Gasteiger partial charge is 0.256 e. The normalized spacial score (nSPS) is 15.2. The van der Waals surface area contributed by atoms with E-state index in [1.807, 2.05) is 19.1 Å². The van der Waals surface area contributed by atoms with Crippen LogP contribution >= 0.6 is 15.9 Å². The molecule has 0 spiro atoms. The predicted octanol–water partition coefficient (Wildman–Crippen LogP) is 4.29. The van der Waals surface area contributed by atoms with Gasteiger partial charge in [-0.05, 0) is 71.4 Å². The summed E-state index contributed by atoms with van der Waals surface area (Å²) in [7, 11) is 0. The fourth-order valence-electron chi connectivity index (χ4n) is 3.17. The number of amides is 1. The minimum absolute atomic E-state index is 0.282. The van der Waals surface area contributed by atoms with Gasteiger partial charge < -0.3 is 15.1 Å². The Bertz CT molecular complexity index is 804. The Balaban J connectivity index is 1.72. The third kappa shape index (κ3) is 4.24. The average Bonchev–Trinajstić information content (AvgIpc) is 2.65. The largest absolute Gasteiger partial charge is 0.369 e. The molecule has 26 heavy (non-hydrogen) atoms. The van der Waals surface area contributed by atoms with Gasteiger partial charge in [0.1, 0.15) is 5.82 Å². The summed E-state index contributed by atoms with van der Waals surface area (Å²) in [4.78, 5) is 17.3. The van der Waals surface area contributed by atoms with E-state index in [2.05, 4.69) is 44.0 Å². The Hall–Kier alpha value is -1.92. The lowest BCUT2D eigenvalue weighted by Crippen LogP contribution is -2.46. The van der Waals surface area contributed by atoms with Gasteiger partial charge in [-0.15, -0.1) is 0 Å². The quantitative estimate of drug-likeness (QED) is 0.802. The van der Waals surface area contributed by atoms with Gasteiger partial charge in [0.15, 0.2) is 0 Å². The van der Waals surface area contributed by atoms with Crippen LogP contribution in [0.1, 0.15) is 22.8 Å². The second-order valence-electron chi connectivity index (χ2n) is 6.50. The number of nitrogens with zero attached hydrogens (tertiary/aromatic N) is 2. The Morgan fingerprint density at radius 2 is 1.88 bits per heavy atom. The lowest BCUT2D eigenvalue weighted by molar-refractivity contribution is 0.102. The number of halogens is 2. The Kier molecular flexibility index (Phi) is 5.94. The van der Waals surface area contributed by atoms with Crippen LogP contribution in [0.25, 0.3) is 0 Å². The van der Waals surface area contributed by atoms with Gasteiger partial charge in [0.2, 0.25) is 0 Å². The second kappa shape index (κ2) is 8.18. The zero-order valence-corrected chi connectivity index (χ0v) is 16.6. The van der Waals surface area contributed by atoms with Crippen molar-refractivity contribution in [3.05, 3.63) is 57.8 Å². The van der Waals surface area contributed by atoms with Crippen LogP contribution in [0.5, 0.6) is 0 Å². The van der Waals surface area contributed by atoms with Crippen molar-refractivity contribution in [3.8, 4) is 0 Å². The molecule has 1 aliphatic heterocycles. The molecular formula is C20H23BrFN3O. The van der Waals surface area contributed by atoms with Crippen LogP contribution in [0.15, 0.2) is 40.9 Å². The number of aryl methyl sites for hydroxylation is 1. The summed E-state index contributed by atoms with van der Waals surface area (Å²) in [6, 6.07) is 10.1. The van der Waals surface area contributed by atoms with Crippen molar-refractivity contribution >= 4 is 33.2 Å². The summed E-state index contributed by atoms with van der Waals surface area (Å²) >= 11 is 3.30. The van der Waals surface area contributed by atoms with Gasteiger partial charge in [-0.3, -0.25) is 4.79 Å². The van der Waals surface area contributed by atoms with Crippen molar-refractivity contribution in [2.45, 2.75) is 13.8 Å². The van der Waals surface area contributed by atoms with E-state index in [0.29, 0.717) is 4.47 Å². The molecule has 138 valence electrons. The van der Waals surface area contributed by atoms with Crippen LogP contribution in [0.2, 0.25) is 0 Å². The highest BCUT2D eigenvalue weighted by atomic mass is 79.9. The minimum atomic E-state index is -0.434. The summed E-state index contributed by atoms with van der Waals surface area (Å²) in [5.41, 5.74) is 3.18. The fourth-order valence-corrected chi connectivity index (χ4v) is 3.59. The molecule has 0 saturated carbocycles. The first-order valence-corrected chi connectivity index (χ1v) is 9.61. The lowest BCUT2D eigenvalue weighted by atomic mass is 10.1. The molecule has 0 unspecified atom stereocenters. The van der Waals surface area contributed by atoms with E-state index in [-0.39, 0.29) is 11.5 Å². The number of rotatable bonds is 4. The number of benzene rings is 2. The number of likely N-dealkylation sites (N-methyl/N-ethyl adjacent to an activating group) is 1. The van der Waals surface area contributed by atoms with Gasteiger partial charge in [0.25, 0.3) is 5.91 Å². The van der Waals surface area contributed by atoms with Crippen molar-refractivity contribution in [3.63, 3.8) is 0 Å². The summed E-state index contributed by atoms with van der Waals surface area (Å²) in [6.07, 6.45) is 0. The van der Waals surface area contributed by atoms with E-state index >= 15 is 0 Å². The van der Waals surface area contributed by atoms with E-state index in [4.69, 9.17) is 0 Å². The van der Waals surface area contributed by atoms with Gasteiger partial charge in [-0.1, -0.05) is 6.92 Å². The van der Waals surface area contributed by atoms with E-state index in [1.54, 1.807) is 0 Å². The molecule has 0 radical (unpaired) electrons. The fraction of sp³-hybridized carbons (Fsp3) is 0.350. The van der Waals surface area contributed by atoms with Crippen LogP contribution in [0.3, 0.4) is 0 Å². The molecule has 0 atom stereocenters. The first-order valence-electron chi connectivity index (χ1n) is 8.82. The summed E-state index contributed by atoms with van der Waals surface area (Å²) in [5, 5.41) is 2.88. The first-order chi connectivity index (χ1) is 12.5. The zero-order valence-electron chi connectivity index (χ0n) is 15.1. The van der Waals surface area contributed by atoms with Gasteiger partial charge in [0, 0.05) is 42.0 Å². The topological polar surface area (TPSA) is 35.6 Å². The molecule has 1 N–H and O–H groups in total. The number of carbonyl (C=O) groups excluding carboxylic acids is 1. The molecule has 2 aromatic rings. The number of nitrogens with one attached hydrogen (secondary N) is 1. The molecule has 1 amide bonds. The number of carbonyl (C=O) groups is 1. The molecule has 0 aliphatic carbocycles. The van der Waals surface area contributed by atoms with Gasteiger partial charge in [-0.25, -0.2) is 4.39 Å². The predicted molar refractivity (Wildman–Crippen MR) is 108 cm³/mol. The maximum Gasteiger partial charge on any atom is 0.256 e. The number of hydrogen-bond donors (Lipinski definition) is 1. The molecule has 1 heterocycles. The van der Waals surface area contributed by atoms with Gasteiger partial charge >= 0.3 is 0 Å². The maximum atomic E-state index is 13.4. The van der Waals surface area contributed by atoms with Crippen LogP contribution in [0, 0.1) is 12.7 Å². The van der Waals surface area contributed by atoms with Gasteiger partial charge in [0.05, 0.1) is 5.56 Å². The van der Waals surface area contributed by atoms with Gasteiger partial charge in [-0.2, -0.15) is 0 Å². The third-order valence-electron chi connectivity index (χ3n) is 4.82. The standard InChI is InChI=1S/C20H23BrFN3O/c1-3-24-8-10-25(11-9-24)16-5-7-19(14(2)12-16)23-20(26)17-13-15(22)4-6-18(17)21/h4-7,12-13H,3,8-11H2,1-2H3,(H,23,26). The number of anilines is 2. The van der Waals surface area contributed by atoms with E-state index in [1.165, 1.54) is 23.9 Å². The Labute approximate surface area is 162 Å². The molecule has 2 aromatic carbocycles. The summed E-state index contributed by atoms with van der Waals surface area (Å²) in [6.45, 7) is 9.41.